The first-order chi connectivity index (χ1) is 20.0. The Bertz CT molecular complexity index is 1210. The van der Waals surface area contributed by atoms with Crippen LogP contribution in [0.1, 0.15) is 65.5 Å². The van der Waals surface area contributed by atoms with Crippen LogP contribution in [0, 0.1) is 5.82 Å². The van der Waals surface area contributed by atoms with Crippen molar-refractivity contribution < 1.29 is 33.4 Å². The second kappa shape index (κ2) is 15.5. The third-order valence-electron chi connectivity index (χ3n) is 6.88. The number of likely N-dealkylation sites (N-methyl/N-ethyl adjacent to an activating group) is 1. The number of carbonyl (C=O) groups is 3. The van der Waals surface area contributed by atoms with Crippen LogP contribution in [0.25, 0.3) is 0 Å². The van der Waals surface area contributed by atoms with E-state index in [0.29, 0.717) is 37.1 Å². The molecule has 0 bridgehead atoms. The summed E-state index contributed by atoms with van der Waals surface area (Å²) in [6.45, 7) is 12.0. The lowest BCUT2D eigenvalue weighted by Gasteiger charge is -2.52. The standard InChI is InChI=1S/C32H45BFN3O6/c1-23(2)10-8-11-26(15-16-36(22-39)28(12-9-17-38)29(40)35-7)42-19-24-18-25(13-14-27(24)34)32(33,41)37-20-30(3,4)43-31(5,6)21-37/h8,10-11,13-15,17-18,22,28,41H,9,12,16,19-21H2,1-7H3,(H,35,40)/b11-8-,26-15-. The molecule has 0 aromatic heterocycles. The maximum atomic E-state index is 15.0. The number of halogens is 1. The van der Waals surface area contributed by atoms with E-state index in [9.17, 15) is 23.9 Å². The van der Waals surface area contributed by atoms with E-state index >= 15 is 0 Å². The highest BCUT2D eigenvalue weighted by Gasteiger charge is 2.44. The number of hydrogen-bond donors (Lipinski definition) is 2. The van der Waals surface area contributed by atoms with E-state index in [0.717, 1.165) is 5.57 Å². The summed E-state index contributed by atoms with van der Waals surface area (Å²) in [5, 5.41) is 14.0. The molecule has 2 rings (SSSR count). The molecule has 43 heavy (non-hydrogen) atoms. The predicted octanol–water partition coefficient (Wildman–Crippen LogP) is 3.46. The topological polar surface area (TPSA) is 108 Å². The second-order valence-corrected chi connectivity index (χ2v) is 12.2. The molecule has 1 aromatic rings. The first-order valence-corrected chi connectivity index (χ1v) is 14.3. The van der Waals surface area contributed by atoms with Crippen LogP contribution >= 0.6 is 0 Å². The minimum Gasteiger partial charge on any atom is -0.489 e. The molecule has 1 saturated heterocycles. The van der Waals surface area contributed by atoms with Crippen molar-refractivity contribution in [1.29, 1.82) is 0 Å². The smallest absolute Gasteiger partial charge is 0.242 e. The molecule has 1 fully saturated rings. The van der Waals surface area contributed by atoms with Crippen molar-refractivity contribution in [2.75, 3.05) is 26.7 Å². The molecule has 11 heteroatoms. The largest absolute Gasteiger partial charge is 0.489 e. The number of rotatable bonds is 15. The van der Waals surface area contributed by atoms with E-state index in [-0.39, 0.29) is 31.6 Å². The molecule has 2 radical (unpaired) electrons. The van der Waals surface area contributed by atoms with Gasteiger partial charge in [-0.2, -0.15) is 0 Å². The van der Waals surface area contributed by atoms with Crippen molar-refractivity contribution in [2.24, 2.45) is 0 Å². The van der Waals surface area contributed by atoms with Crippen LogP contribution in [0.3, 0.4) is 0 Å². The average Bonchev–Trinajstić information content (AvgIpc) is 2.91. The summed E-state index contributed by atoms with van der Waals surface area (Å²) in [7, 11) is 7.92. The number of hydrogen-bond acceptors (Lipinski definition) is 7. The van der Waals surface area contributed by atoms with Crippen molar-refractivity contribution in [3.05, 3.63) is 70.8 Å². The van der Waals surface area contributed by atoms with Gasteiger partial charge >= 0.3 is 0 Å². The third-order valence-corrected chi connectivity index (χ3v) is 6.88. The molecule has 2 amide bonds. The summed E-state index contributed by atoms with van der Waals surface area (Å²) in [6, 6.07) is 3.31. The number of morpholine rings is 1. The van der Waals surface area contributed by atoms with Crippen molar-refractivity contribution >= 4 is 26.4 Å². The number of ether oxygens (including phenoxy) is 2. The van der Waals surface area contributed by atoms with Gasteiger partial charge in [-0.3, -0.25) is 14.5 Å². The number of nitrogens with zero attached hydrogens (tertiary/aromatic N) is 2. The summed E-state index contributed by atoms with van der Waals surface area (Å²) in [5.74, 6) is -0.622. The van der Waals surface area contributed by atoms with Gasteiger partial charge in [0.1, 0.15) is 38.4 Å². The molecule has 1 aromatic carbocycles. The Balaban J connectivity index is 2.34. The average molecular weight is 598 g/mol. The van der Waals surface area contributed by atoms with E-state index in [2.05, 4.69) is 5.32 Å². The lowest BCUT2D eigenvalue weighted by Crippen LogP contribution is -2.63. The number of carbonyl (C=O) groups excluding carboxylic acids is 3. The Morgan fingerprint density at radius 2 is 1.91 bits per heavy atom. The minimum absolute atomic E-state index is 0.00259. The zero-order valence-corrected chi connectivity index (χ0v) is 26.4. The summed E-state index contributed by atoms with van der Waals surface area (Å²) in [5.41, 5.74) is -1.55. The Morgan fingerprint density at radius 3 is 2.47 bits per heavy atom. The number of amides is 2. The highest BCUT2D eigenvalue weighted by Crippen LogP contribution is 2.35. The maximum absolute atomic E-state index is 15.0. The van der Waals surface area contributed by atoms with Crippen LogP contribution in [0.4, 0.5) is 4.39 Å². The van der Waals surface area contributed by atoms with Crippen LogP contribution in [0.15, 0.2) is 53.8 Å². The van der Waals surface area contributed by atoms with Crippen LogP contribution in [-0.4, -0.2) is 85.3 Å². The normalized spacial score (nSPS) is 18.8. The first kappa shape index (κ1) is 35.9. The van der Waals surface area contributed by atoms with Gasteiger partial charge in [0.15, 0.2) is 0 Å². The molecule has 0 spiro atoms. The third kappa shape index (κ3) is 10.7. The monoisotopic (exact) mass is 597 g/mol. The van der Waals surface area contributed by atoms with Crippen LogP contribution < -0.4 is 5.32 Å². The quantitative estimate of drug-likeness (QED) is 0.138. The fraction of sp³-hybridized carbons (Fsp3) is 0.531. The molecular formula is C32H45BFN3O6. The molecular weight excluding hydrogens is 552 g/mol. The number of benzene rings is 1. The van der Waals surface area contributed by atoms with Gasteiger partial charge in [0.2, 0.25) is 12.3 Å². The lowest BCUT2D eigenvalue weighted by atomic mass is 9.79. The molecule has 0 saturated carbocycles. The van der Waals surface area contributed by atoms with Gasteiger partial charge in [-0.1, -0.05) is 23.8 Å². The van der Waals surface area contributed by atoms with Crippen molar-refractivity contribution in [3.8, 4) is 0 Å². The van der Waals surface area contributed by atoms with Crippen molar-refractivity contribution in [3.63, 3.8) is 0 Å². The predicted molar refractivity (Wildman–Crippen MR) is 164 cm³/mol. The van der Waals surface area contributed by atoms with Crippen LogP contribution in [-0.2, 0) is 36.1 Å². The van der Waals surface area contributed by atoms with Crippen molar-refractivity contribution in [1.82, 2.24) is 15.1 Å². The van der Waals surface area contributed by atoms with Crippen LogP contribution in [0.5, 0.6) is 0 Å². The maximum Gasteiger partial charge on any atom is 0.242 e. The Morgan fingerprint density at radius 1 is 1.26 bits per heavy atom. The van der Waals surface area contributed by atoms with Gasteiger partial charge in [-0.25, -0.2) is 4.39 Å². The highest BCUT2D eigenvalue weighted by molar-refractivity contribution is 6.14. The van der Waals surface area contributed by atoms with Gasteiger partial charge in [-0.05, 0) is 77.8 Å². The molecule has 2 N–H and O–H groups in total. The number of allylic oxidation sites excluding steroid dienone is 4. The van der Waals surface area contributed by atoms with E-state index in [1.54, 1.807) is 23.1 Å². The Kier molecular flexibility index (Phi) is 12.9. The van der Waals surface area contributed by atoms with Crippen molar-refractivity contribution in [2.45, 2.75) is 83.9 Å². The number of nitrogens with one attached hydrogen (secondary N) is 1. The van der Waals surface area contributed by atoms with Gasteiger partial charge in [0.25, 0.3) is 0 Å². The summed E-state index contributed by atoms with van der Waals surface area (Å²) in [4.78, 5) is 38.1. The van der Waals surface area contributed by atoms with Gasteiger partial charge in [0.05, 0.1) is 16.8 Å². The zero-order valence-electron chi connectivity index (χ0n) is 26.4. The minimum atomic E-state index is -1.90. The summed E-state index contributed by atoms with van der Waals surface area (Å²) >= 11 is 0. The van der Waals surface area contributed by atoms with E-state index in [4.69, 9.17) is 17.3 Å². The SMILES string of the molecule is [B]C(O)(c1ccc(F)c(COC(/C=C\C=C(C)C)=C\CN(C=O)C(CCC=O)C(=O)NC)c1)N1CC(C)(C)OC(C)(C)C1. The van der Waals surface area contributed by atoms with Gasteiger partial charge in [-0.15, -0.1) is 0 Å². The summed E-state index contributed by atoms with van der Waals surface area (Å²) < 4.78 is 27.0. The molecule has 2 unspecified atom stereocenters. The second-order valence-electron chi connectivity index (χ2n) is 12.2. The summed E-state index contributed by atoms with van der Waals surface area (Å²) in [6.07, 6.45) is 8.37. The molecule has 1 heterocycles. The van der Waals surface area contributed by atoms with E-state index in [1.807, 2.05) is 47.6 Å². The Labute approximate surface area is 256 Å². The molecule has 1 aliphatic rings. The van der Waals surface area contributed by atoms with E-state index in [1.165, 1.54) is 30.1 Å². The lowest BCUT2D eigenvalue weighted by molar-refractivity contribution is -0.218. The number of aldehydes is 1. The molecule has 2 atom stereocenters. The number of aliphatic hydroxyl groups is 1. The highest BCUT2D eigenvalue weighted by atomic mass is 19.1. The molecule has 1 aliphatic heterocycles. The fourth-order valence-electron chi connectivity index (χ4n) is 5.08. The Hall–Kier alpha value is -3.28. The first-order valence-electron chi connectivity index (χ1n) is 14.3. The molecule has 0 aliphatic carbocycles. The van der Waals surface area contributed by atoms with Gasteiger partial charge in [0, 0.05) is 38.7 Å². The van der Waals surface area contributed by atoms with Crippen LogP contribution in [0.2, 0.25) is 0 Å². The zero-order chi connectivity index (χ0) is 32.4. The van der Waals surface area contributed by atoms with E-state index < -0.39 is 34.6 Å². The fourth-order valence-corrected chi connectivity index (χ4v) is 5.08. The van der Waals surface area contributed by atoms with Gasteiger partial charge < -0.3 is 29.6 Å². The molecule has 9 nitrogen and oxygen atoms in total. The molecule has 234 valence electrons.